The average molecular weight is 92.1 g/mol. The third-order valence-electron chi connectivity index (χ3n) is 0.258. The zero-order valence-corrected chi connectivity index (χ0v) is 3.40. The zero-order chi connectivity index (χ0) is 4.99. The molecule has 0 amide bonds. The van der Waals surface area contributed by atoms with Gasteiger partial charge >= 0.3 is 6.04 Å². The molecule has 36 valence electrons. The van der Waals surface area contributed by atoms with Crippen molar-refractivity contribution < 1.29 is 13.9 Å². The molecule has 0 spiro atoms. The Labute approximate surface area is 34.9 Å². The van der Waals surface area contributed by atoms with Gasteiger partial charge < -0.3 is 4.74 Å². The van der Waals surface area contributed by atoms with Gasteiger partial charge in [0.05, 0.1) is 0 Å². The summed E-state index contributed by atoms with van der Waals surface area (Å²) < 4.78 is 15.0. The van der Waals surface area contributed by atoms with Crippen LogP contribution in [0, 0.1) is 0 Å². The molecule has 0 aromatic heterocycles. The molecule has 3 heteroatoms. The van der Waals surface area contributed by atoms with Gasteiger partial charge in [0.1, 0.15) is 6.61 Å². The fourth-order valence-electron chi connectivity index (χ4n) is 0.113. The minimum Gasteiger partial charge on any atom is -0.374 e. The lowest BCUT2D eigenvalue weighted by atomic mass is 10.8. The first-order chi connectivity index (χ1) is 2.77. The highest BCUT2D eigenvalue weighted by Gasteiger charge is 1.90. The Morgan fingerprint density at radius 2 is 2.50 bits per heavy atom. The third kappa shape index (κ3) is 3.56. The van der Waals surface area contributed by atoms with Crippen LogP contribution in [0.4, 0.5) is 4.39 Å². The van der Waals surface area contributed by atoms with E-state index in [1.807, 2.05) is 0 Å². The van der Waals surface area contributed by atoms with Crippen LogP contribution >= 0.6 is 0 Å². The van der Waals surface area contributed by atoms with Crippen LogP contribution in [0.5, 0.6) is 0 Å². The zero-order valence-electron chi connectivity index (χ0n) is 3.40. The van der Waals surface area contributed by atoms with Gasteiger partial charge in [-0.2, -0.15) is 4.39 Å². The normalized spacial score (nSPS) is 8.33. The fraction of sp³-hybridized carbons (Fsp3) is 0.667. The van der Waals surface area contributed by atoms with Crippen LogP contribution in [0.25, 0.3) is 0 Å². The summed E-state index contributed by atoms with van der Waals surface area (Å²) in [5.74, 6) is 0. The van der Waals surface area contributed by atoms with E-state index in [9.17, 15) is 9.18 Å². The Bertz CT molecular complexity index is 52.8. The van der Waals surface area contributed by atoms with E-state index in [2.05, 4.69) is 4.74 Å². The van der Waals surface area contributed by atoms with Gasteiger partial charge in [0.25, 0.3) is 0 Å². The van der Waals surface area contributed by atoms with Gasteiger partial charge in [-0.25, -0.2) is 0 Å². The first kappa shape index (κ1) is 5.56. The molecule has 0 rings (SSSR count). The van der Waals surface area contributed by atoms with E-state index >= 15 is 0 Å². The van der Waals surface area contributed by atoms with Crippen molar-refractivity contribution in [2.24, 2.45) is 0 Å². The number of ether oxygens (including phenoxy) is 1. The molecule has 0 heterocycles. The molecule has 0 saturated carbocycles. The molecule has 0 unspecified atom stereocenters. The number of rotatable bonds is 2. The number of carbonyl (C=O) groups is 1. The van der Waals surface area contributed by atoms with E-state index < -0.39 is 12.6 Å². The molecular formula is C3H5FO2. The Hall–Kier alpha value is -0.440. The van der Waals surface area contributed by atoms with Crippen molar-refractivity contribution in [1.82, 2.24) is 0 Å². The lowest BCUT2D eigenvalue weighted by Gasteiger charge is -1.81. The summed E-state index contributed by atoms with van der Waals surface area (Å²) in [7, 11) is 1.26. The van der Waals surface area contributed by atoms with Crippen LogP contribution in [0.15, 0.2) is 0 Å². The Morgan fingerprint density at radius 1 is 2.00 bits per heavy atom. The maximum Gasteiger partial charge on any atom is 0.326 e. The largest absolute Gasteiger partial charge is 0.374 e. The van der Waals surface area contributed by atoms with Crippen molar-refractivity contribution in [3.05, 3.63) is 0 Å². The number of hydrogen-bond acceptors (Lipinski definition) is 2. The van der Waals surface area contributed by atoms with E-state index in [1.54, 1.807) is 0 Å². The number of carbonyl (C=O) groups excluding carboxylic acids is 1. The lowest BCUT2D eigenvalue weighted by Crippen LogP contribution is -1.96. The highest BCUT2D eigenvalue weighted by atomic mass is 19.1. The molecule has 0 bridgehead atoms. The van der Waals surface area contributed by atoms with Crippen molar-refractivity contribution in [2.75, 3.05) is 13.7 Å². The van der Waals surface area contributed by atoms with Crippen molar-refractivity contribution >= 4 is 6.04 Å². The predicted octanol–water partition coefficient (Wildman–Crippen LogP) is 0.129. The smallest absolute Gasteiger partial charge is 0.326 e. The van der Waals surface area contributed by atoms with Crippen LogP contribution in [0.2, 0.25) is 0 Å². The predicted molar refractivity (Wildman–Crippen MR) is 18.0 cm³/mol. The number of halogens is 1. The quantitative estimate of drug-likeness (QED) is 0.452. The highest BCUT2D eigenvalue weighted by Crippen LogP contribution is 1.70. The molecule has 6 heavy (non-hydrogen) atoms. The molecular weight excluding hydrogens is 87.0 g/mol. The van der Waals surface area contributed by atoms with Crippen LogP contribution < -0.4 is 0 Å². The van der Waals surface area contributed by atoms with Gasteiger partial charge in [-0.3, -0.25) is 4.79 Å². The highest BCUT2D eigenvalue weighted by molar-refractivity contribution is 5.68. The lowest BCUT2D eigenvalue weighted by molar-refractivity contribution is -0.133. The van der Waals surface area contributed by atoms with Crippen molar-refractivity contribution in [3.63, 3.8) is 0 Å². The fourth-order valence-corrected chi connectivity index (χ4v) is 0.113. The van der Waals surface area contributed by atoms with E-state index in [1.165, 1.54) is 7.11 Å². The molecule has 0 aromatic rings. The molecule has 0 aliphatic carbocycles. The monoisotopic (exact) mass is 92.0 g/mol. The topological polar surface area (TPSA) is 26.3 Å². The molecule has 2 nitrogen and oxygen atoms in total. The van der Waals surface area contributed by atoms with Gasteiger partial charge in [-0.15, -0.1) is 0 Å². The first-order valence-electron chi connectivity index (χ1n) is 1.44. The first-order valence-corrected chi connectivity index (χ1v) is 1.44. The standard InChI is InChI=1S/C3H5FO2/c1-6-2-3(4)5/h2H2,1H3. The maximum atomic E-state index is 10.9. The van der Waals surface area contributed by atoms with E-state index in [-0.39, 0.29) is 0 Å². The summed E-state index contributed by atoms with van der Waals surface area (Å²) in [6.45, 7) is -0.431. The minimum atomic E-state index is -1.43. The molecule has 0 fully saturated rings. The molecule has 0 saturated heterocycles. The number of methoxy groups -OCH3 is 1. The van der Waals surface area contributed by atoms with E-state index in [0.29, 0.717) is 0 Å². The van der Waals surface area contributed by atoms with Crippen LogP contribution in [0.3, 0.4) is 0 Å². The second-order valence-corrected chi connectivity index (χ2v) is 0.788. The summed E-state index contributed by atoms with van der Waals surface area (Å²) in [5, 5.41) is 0. The summed E-state index contributed by atoms with van der Waals surface area (Å²) in [6.07, 6.45) is 0. The van der Waals surface area contributed by atoms with Crippen molar-refractivity contribution in [2.45, 2.75) is 0 Å². The summed E-state index contributed by atoms with van der Waals surface area (Å²) >= 11 is 0. The van der Waals surface area contributed by atoms with Crippen molar-refractivity contribution in [1.29, 1.82) is 0 Å². The molecule has 0 aliphatic heterocycles. The Balaban J connectivity index is 2.83. The summed E-state index contributed by atoms with van der Waals surface area (Å²) in [6, 6.07) is -1.43. The van der Waals surface area contributed by atoms with Gasteiger partial charge in [0.2, 0.25) is 0 Å². The van der Waals surface area contributed by atoms with Crippen LogP contribution in [-0.4, -0.2) is 19.8 Å². The van der Waals surface area contributed by atoms with E-state index in [0.717, 1.165) is 0 Å². The Morgan fingerprint density at radius 3 is 2.50 bits per heavy atom. The second-order valence-electron chi connectivity index (χ2n) is 0.788. The molecule has 0 radical (unpaired) electrons. The van der Waals surface area contributed by atoms with Gasteiger partial charge in [-0.1, -0.05) is 0 Å². The molecule has 0 atom stereocenters. The molecule has 0 N–H and O–H groups in total. The second kappa shape index (κ2) is 2.78. The van der Waals surface area contributed by atoms with Gasteiger partial charge in [-0.05, 0) is 0 Å². The van der Waals surface area contributed by atoms with Crippen molar-refractivity contribution in [3.8, 4) is 0 Å². The summed E-state index contributed by atoms with van der Waals surface area (Å²) in [5.41, 5.74) is 0. The minimum absolute atomic E-state index is 0.431. The number of hydrogen-bond donors (Lipinski definition) is 0. The van der Waals surface area contributed by atoms with Crippen LogP contribution in [0.1, 0.15) is 0 Å². The molecule has 0 aliphatic rings. The van der Waals surface area contributed by atoms with Crippen LogP contribution in [-0.2, 0) is 9.53 Å². The summed E-state index contributed by atoms with van der Waals surface area (Å²) in [4.78, 5) is 9.25. The average Bonchev–Trinajstić information content (AvgIpc) is 1.35. The third-order valence-corrected chi connectivity index (χ3v) is 0.258. The van der Waals surface area contributed by atoms with E-state index in [4.69, 9.17) is 0 Å². The SMILES string of the molecule is COCC(=O)F. The molecule has 0 aromatic carbocycles. The maximum absolute atomic E-state index is 10.9. The Kier molecular flexibility index (Phi) is 2.58. The van der Waals surface area contributed by atoms with Gasteiger partial charge in [0.15, 0.2) is 0 Å². The van der Waals surface area contributed by atoms with Gasteiger partial charge in [0, 0.05) is 7.11 Å².